The summed E-state index contributed by atoms with van der Waals surface area (Å²) < 4.78 is 41.3. The normalized spacial score (nSPS) is 16.3. The molecule has 2 aromatic heterocycles. The Balaban J connectivity index is 1.82. The van der Waals surface area contributed by atoms with Crippen LogP contribution in [-0.2, 0) is 17.5 Å². The summed E-state index contributed by atoms with van der Waals surface area (Å²) in [5.41, 5.74) is 0.261. The summed E-state index contributed by atoms with van der Waals surface area (Å²) in [7, 11) is 0. The Hall–Kier alpha value is -2.68. The lowest BCUT2D eigenvalue weighted by molar-refractivity contribution is -0.137. The third kappa shape index (κ3) is 3.66. The smallest absolute Gasteiger partial charge is 0.325 e. The largest absolute Gasteiger partial charge is 0.416 e. The number of nitrogens with one attached hydrogen (secondary N) is 1. The minimum Gasteiger partial charge on any atom is -0.325 e. The van der Waals surface area contributed by atoms with E-state index in [9.17, 15) is 18.0 Å². The number of unbranched alkanes of at least 4 members (excludes halogenated alkanes) is 2. The summed E-state index contributed by atoms with van der Waals surface area (Å²) in [5.74, 6) is -1.49. The molecule has 0 fully saturated rings. The maximum Gasteiger partial charge on any atom is 0.416 e. The lowest BCUT2D eigenvalue weighted by atomic mass is 9.94. The molecule has 0 saturated carbocycles. The van der Waals surface area contributed by atoms with E-state index >= 15 is 0 Å². The molecule has 4 rings (SSSR count). The number of hydrogen-bond donors (Lipinski definition) is 1. The Labute approximate surface area is 169 Å². The number of halogens is 4. The Morgan fingerprint density at radius 1 is 1.24 bits per heavy atom. The van der Waals surface area contributed by atoms with E-state index in [-0.39, 0.29) is 16.5 Å². The van der Waals surface area contributed by atoms with Gasteiger partial charge >= 0.3 is 6.18 Å². The molecule has 1 N–H and O–H groups in total. The first-order valence-corrected chi connectivity index (χ1v) is 9.58. The van der Waals surface area contributed by atoms with Crippen molar-refractivity contribution in [3.05, 3.63) is 46.5 Å². The Kier molecular flexibility index (Phi) is 4.94. The first-order chi connectivity index (χ1) is 13.8. The molecule has 0 radical (unpaired) electrons. The van der Waals surface area contributed by atoms with E-state index in [4.69, 9.17) is 11.6 Å². The average molecular weight is 424 g/mol. The first-order valence-electron chi connectivity index (χ1n) is 9.20. The lowest BCUT2D eigenvalue weighted by Crippen LogP contribution is -2.15. The molecular weight excluding hydrogens is 407 g/mol. The van der Waals surface area contributed by atoms with Crippen molar-refractivity contribution in [3.63, 3.8) is 0 Å². The number of benzene rings is 1. The van der Waals surface area contributed by atoms with E-state index in [0.717, 1.165) is 31.4 Å². The molecule has 0 aliphatic carbocycles. The molecule has 152 valence electrons. The summed E-state index contributed by atoms with van der Waals surface area (Å²) in [6, 6.07) is 3.17. The number of fused-ring (bicyclic) bond motifs is 2. The highest BCUT2D eigenvalue weighted by Gasteiger charge is 2.38. The van der Waals surface area contributed by atoms with Gasteiger partial charge in [0, 0.05) is 18.4 Å². The molecule has 0 spiro atoms. The Morgan fingerprint density at radius 2 is 2.03 bits per heavy atom. The number of alkyl halides is 3. The molecule has 0 bridgehead atoms. The maximum absolute atomic E-state index is 13.2. The van der Waals surface area contributed by atoms with E-state index in [2.05, 4.69) is 27.3 Å². The number of amides is 1. The van der Waals surface area contributed by atoms with Gasteiger partial charge in [-0.3, -0.25) is 9.48 Å². The van der Waals surface area contributed by atoms with E-state index in [0.29, 0.717) is 23.3 Å². The minimum absolute atomic E-state index is 0.112. The molecule has 1 aliphatic heterocycles. The highest BCUT2D eigenvalue weighted by atomic mass is 35.5. The molecule has 10 heteroatoms. The van der Waals surface area contributed by atoms with Gasteiger partial charge in [-0.05, 0) is 41.8 Å². The van der Waals surface area contributed by atoms with E-state index in [1.807, 2.05) is 0 Å². The predicted octanol–water partition coefficient (Wildman–Crippen LogP) is 4.77. The Bertz CT molecular complexity index is 1100. The average Bonchev–Trinajstić information content (AvgIpc) is 3.19. The number of aromatic nitrogens is 4. The van der Waals surface area contributed by atoms with Gasteiger partial charge in [0.2, 0.25) is 11.2 Å². The van der Waals surface area contributed by atoms with Crippen LogP contribution in [0.25, 0.3) is 11.0 Å². The number of rotatable bonds is 5. The number of anilines is 1. The van der Waals surface area contributed by atoms with Gasteiger partial charge in [-0.1, -0.05) is 19.8 Å². The van der Waals surface area contributed by atoms with Crippen molar-refractivity contribution in [2.45, 2.75) is 44.8 Å². The molecule has 1 aromatic carbocycles. The first kappa shape index (κ1) is 19.6. The van der Waals surface area contributed by atoms with Crippen LogP contribution >= 0.6 is 11.6 Å². The third-order valence-corrected chi connectivity index (χ3v) is 5.07. The van der Waals surface area contributed by atoms with Gasteiger partial charge < -0.3 is 5.32 Å². The van der Waals surface area contributed by atoms with Gasteiger partial charge in [0.15, 0.2) is 5.65 Å². The molecule has 3 aromatic rings. The van der Waals surface area contributed by atoms with Crippen molar-refractivity contribution in [2.75, 3.05) is 5.32 Å². The van der Waals surface area contributed by atoms with Crippen molar-refractivity contribution in [3.8, 4) is 0 Å². The zero-order valence-electron chi connectivity index (χ0n) is 15.4. The lowest BCUT2D eigenvalue weighted by Gasteiger charge is -2.12. The van der Waals surface area contributed by atoms with Gasteiger partial charge in [-0.25, -0.2) is 4.98 Å². The van der Waals surface area contributed by atoms with Crippen LogP contribution in [0.2, 0.25) is 5.28 Å². The van der Waals surface area contributed by atoms with Crippen LogP contribution in [0, 0.1) is 0 Å². The van der Waals surface area contributed by atoms with E-state index in [1.54, 1.807) is 10.9 Å². The van der Waals surface area contributed by atoms with Crippen LogP contribution in [0.15, 0.2) is 24.4 Å². The number of hydrogen-bond acceptors (Lipinski definition) is 4. The fraction of sp³-hybridized carbons (Fsp3) is 0.368. The molecule has 0 saturated heterocycles. The molecule has 1 atom stereocenters. The van der Waals surface area contributed by atoms with Crippen molar-refractivity contribution in [1.29, 1.82) is 0 Å². The summed E-state index contributed by atoms with van der Waals surface area (Å²) in [6.45, 7) is 2.75. The number of aryl methyl sites for hydroxylation is 1. The fourth-order valence-electron chi connectivity index (χ4n) is 3.51. The van der Waals surface area contributed by atoms with Gasteiger partial charge in [0.25, 0.3) is 0 Å². The quantitative estimate of drug-likeness (QED) is 0.474. The topological polar surface area (TPSA) is 72.7 Å². The van der Waals surface area contributed by atoms with E-state index < -0.39 is 23.6 Å². The minimum atomic E-state index is -4.52. The fourth-order valence-corrected chi connectivity index (χ4v) is 3.69. The standard InChI is InChI=1S/C19H17ClF3N5O/c1-2-3-4-7-28-9-12-15(25-18(20)26-16(12)27-28)14-11-8-10(19(21,22)23)5-6-13(11)24-17(14)29/h5-6,8-9,14H,2-4,7H2,1H3,(H,24,29). The second kappa shape index (κ2) is 7.29. The number of carbonyl (C=O) groups is 1. The second-order valence-corrected chi connectivity index (χ2v) is 7.27. The highest BCUT2D eigenvalue weighted by Crippen LogP contribution is 2.42. The van der Waals surface area contributed by atoms with Crippen molar-refractivity contribution in [2.24, 2.45) is 0 Å². The van der Waals surface area contributed by atoms with Crippen LogP contribution in [0.1, 0.15) is 48.9 Å². The third-order valence-electron chi connectivity index (χ3n) is 4.90. The van der Waals surface area contributed by atoms with Crippen LogP contribution in [0.4, 0.5) is 18.9 Å². The maximum atomic E-state index is 13.2. The highest BCUT2D eigenvalue weighted by molar-refractivity contribution is 6.28. The van der Waals surface area contributed by atoms with Crippen molar-refractivity contribution >= 4 is 34.2 Å². The van der Waals surface area contributed by atoms with Gasteiger partial charge in [0.05, 0.1) is 16.6 Å². The van der Waals surface area contributed by atoms with Gasteiger partial charge in [-0.15, -0.1) is 0 Å². The molecular formula is C19H17ClF3N5O. The van der Waals surface area contributed by atoms with Crippen molar-refractivity contribution in [1.82, 2.24) is 19.7 Å². The zero-order valence-corrected chi connectivity index (χ0v) is 16.2. The van der Waals surface area contributed by atoms with Crippen LogP contribution in [0.5, 0.6) is 0 Å². The van der Waals surface area contributed by atoms with Gasteiger partial charge in [-0.2, -0.15) is 23.3 Å². The molecule has 3 heterocycles. The zero-order chi connectivity index (χ0) is 20.8. The molecule has 1 amide bonds. The van der Waals surface area contributed by atoms with Crippen LogP contribution < -0.4 is 5.32 Å². The summed E-state index contributed by atoms with van der Waals surface area (Å²) in [5, 5.41) is 7.39. The predicted molar refractivity (Wildman–Crippen MR) is 102 cm³/mol. The van der Waals surface area contributed by atoms with Crippen LogP contribution in [0.3, 0.4) is 0 Å². The summed E-state index contributed by atoms with van der Waals surface area (Å²) in [6.07, 6.45) is 0.207. The molecule has 29 heavy (non-hydrogen) atoms. The monoisotopic (exact) mass is 423 g/mol. The van der Waals surface area contributed by atoms with Crippen LogP contribution in [-0.4, -0.2) is 25.7 Å². The van der Waals surface area contributed by atoms with Crippen molar-refractivity contribution < 1.29 is 18.0 Å². The number of nitrogens with zero attached hydrogens (tertiary/aromatic N) is 4. The number of carbonyl (C=O) groups excluding carboxylic acids is 1. The molecule has 1 unspecified atom stereocenters. The van der Waals surface area contributed by atoms with Gasteiger partial charge in [0.1, 0.15) is 5.92 Å². The Morgan fingerprint density at radius 3 is 2.76 bits per heavy atom. The summed E-state index contributed by atoms with van der Waals surface area (Å²) >= 11 is 6.03. The summed E-state index contributed by atoms with van der Waals surface area (Å²) in [4.78, 5) is 20.9. The molecule has 6 nitrogen and oxygen atoms in total. The van der Waals surface area contributed by atoms with E-state index in [1.165, 1.54) is 6.07 Å². The molecule has 1 aliphatic rings. The SMILES string of the molecule is CCCCCn1cc2c(C3C(=O)Nc4ccc(C(F)(F)F)cc43)nc(Cl)nc2n1. The second-order valence-electron chi connectivity index (χ2n) is 6.94.